The topological polar surface area (TPSA) is 49.6 Å². The fraction of sp³-hybridized carbons (Fsp3) is 0.938. The minimum absolute atomic E-state index is 0. The van der Waals surface area contributed by atoms with Crippen LogP contribution < -0.4 is 5.73 Å². The van der Waals surface area contributed by atoms with Crippen LogP contribution in [0.25, 0.3) is 0 Å². The first kappa shape index (κ1) is 18.7. The van der Waals surface area contributed by atoms with E-state index in [1.165, 1.54) is 19.3 Å². The molecule has 2 rings (SSSR count). The molecule has 0 saturated carbocycles. The first-order chi connectivity index (χ1) is 9.45. The Hall–Kier alpha value is -0.320. The average molecular weight is 318 g/mol. The van der Waals surface area contributed by atoms with Gasteiger partial charge < -0.3 is 10.6 Å². The smallest absolute Gasteiger partial charge is 0.236 e. The standard InChI is InChI=1S/C16H31N3O.ClH/c1-12-7-13(2)9-19(8-12)16(20)11-18-6-4-5-15(10-18)14(3)17;/h12-15H,4-11,17H2,1-3H3;1H. The van der Waals surface area contributed by atoms with Gasteiger partial charge in [0.2, 0.25) is 5.91 Å². The van der Waals surface area contributed by atoms with E-state index in [0.29, 0.717) is 30.2 Å². The van der Waals surface area contributed by atoms with E-state index in [-0.39, 0.29) is 18.4 Å². The third kappa shape index (κ3) is 5.42. The van der Waals surface area contributed by atoms with Gasteiger partial charge in [-0.15, -0.1) is 12.4 Å². The lowest BCUT2D eigenvalue weighted by molar-refractivity contribution is -0.135. The lowest BCUT2D eigenvalue weighted by Crippen LogP contribution is -2.50. The van der Waals surface area contributed by atoms with Gasteiger partial charge in [0.1, 0.15) is 0 Å². The molecule has 2 N–H and O–H groups in total. The van der Waals surface area contributed by atoms with Gasteiger partial charge in [0, 0.05) is 25.7 Å². The van der Waals surface area contributed by atoms with Gasteiger partial charge in [-0.3, -0.25) is 9.69 Å². The quantitative estimate of drug-likeness (QED) is 0.866. The van der Waals surface area contributed by atoms with Crippen LogP contribution in [0.1, 0.15) is 40.0 Å². The highest BCUT2D eigenvalue weighted by atomic mass is 35.5. The van der Waals surface area contributed by atoms with Gasteiger partial charge in [-0.2, -0.15) is 0 Å². The van der Waals surface area contributed by atoms with E-state index < -0.39 is 0 Å². The SMILES string of the molecule is CC1CC(C)CN(C(=O)CN2CCCC(C(C)N)C2)C1.Cl. The number of nitrogens with two attached hydrogens (primary N) is 1. The summed E-state index contributed by atoms with van der Waals surface area (Å²) in [6.07, 6.45) is 3.63. The number of carbonyl (C=O) groups excluding carboxylic acids is 1. The molecular formula is C16H32ClN3O. The van der Waals surface area contributed by atoms with Crippen molar-refractivity contribution >= 4 is 18.3 Å². The van der Waals surface area contributed by atoms with E-state index in [1.54, 1.807) is 0 Å². The van der Waals surface area contributed by atoms with E-state index in [4.69, 9.17) is 5.73 Å². The number of piperidine rings is 2. The second kappa shape index (κ2) is 8.35. The third-order valence-corrected chi connectivity index (χ3v) is 4.87. The van der Waals surface area contributed by atoms with Gasteiger partial charge >= 0.3 is 0 Å². The molecule has 4 unspecified atom stereocenters. The average Bonchev–Trinajstić information content (AvgIpc) is 2.37. The number of likely N-dealkylation sites (tertiary alicyclic amines) is 2. The summed E-state index contributed by atoms with van der Waals surface area (Å²) < 4.78 is 0. The van der Waals surface area contributed by atoms with Crippen molar-refractivity contribution in [2.75, 3.05) is 32.7 Å². The van der Waals surface area contributed by atoms with Crippen molar-refractivity contribution in [1.29, 1.82) is 0 Å². The molecule has 0 aliphatic carbocycles. The lowest BCUT2D eigenvalue weighted by atomic mass is 9.91. The Morgan fingerprint density at radius 1 is 1.24 bits per heavy atom. The summed E-state index contributed by atoms with van der Waals surface area (Å²) >= 11 is 0. The van der Waals surface area contributed by atoms with Gasteiger partial charge in [0.05, 0.1) is 6.54 Å². The highest BCUT2D eigenvalue weighted by molar-refractivity contribution is 5.85. The van der Waals surface area contributed by atoms with Crippen LogP contribution in [0.4, 0.5) is 0 Å². The summed E-state index contributed by atoms with van der Waals surface area (Å²) in [6, 6.07) is 0.239. The molecule has 2 fully saturated rings. The third-order valence-electron chi connectivity index (χ3n) is 4.87. The molecule has 2 heterocycles. The van der Waals surface area contributed by atoms with Crippen LogP contribution in [0.15, 0.2) is 0 Å². The molecule has 0 spiro atoms. The van der Waals surface area contributed by atoms with E-state index >= 15 is 0 Å². The molecule has 4 atom stereocenters. The van der Waals surface area contributed by atoms with Crippen LogP contribution in [0.2, 0.25) is 0 Å². The van der Waals surface area contributed by atoms with E-state index in [9.17, 15) is 4.79 Å². The van der Waals surface area contributed by atoms with Gasteiger partial charge in [0.25, 0.3) is 0 Å². The van der Waals surface area contributed by atoms with Crippen LogP contribution in [0.5, 0.6) is 0 Å². The van der Waals surface area contributed by atoms with Crippen LogP contribution in [-0.2, 0) is 4.79 Å². The zero-order valence-corrected chi connectivity index (χ0v) is 14.6. The maximum absolute atomic E-state index is 12.5. The highest BCUT2D eigenvalue weighted by Crippen LogP contribution is 2.22. The molecule has 4 nitrogen and oxygen atoms in total. The minimum Gasteiger partial charge on any atom is -0.341 e. The van der Waals surface area contributed by atoms with Crippen molar-refractivity contribution in [3.05, 3.63) is 0 Å². The van der Waals surface area contributed by atoms with Crippen molar-refractivity contribution in [2.45, 2.75) is 46.1 Å². The molecule has 2 aliphatic rings. The van der Waals surface area contributed by atoms with Crippen molar-refractivity contribution in [1.82, 2.24) is 9.80 Å². The van der Waals surface area contributed by atoms with Gasteiger partial charge in [0.15, 0.2) is 0 Å². The van der Waals surface area contributed by atoms with Crippen LogP contribution in [-0.4, -0.2) is 54.5 Å². The number of rotatable bonds is 3. The molecule has 2 saturated heterocycles. The molecular weight excluding hydrogens is 286 g/mol. The first-order valence-electron chi connectivity index (χ1n) is 8.21. The zero-order valence-electron chi connectivity index (χ0n) is 13.8. The van der Waals surface area contributed by atoms with Crippen molar-refractivity contribution in [2.24, 2.45) is 23.5 Å². The number of nitrogens with zero attached hydrogens (tertiary/aromatic N) is 2. The molecule has 0 aromatic rings. The van der Waals surface area contributed by atoms with Crippen molar-refractivity contribution in [3.8, 4) is 0 Å². The van der Waals surface area contributed by atoms with Crippen molar-refractivity contribution in [3.63, 3.8) is 0 Å². The highest BCUT2D eigenvalue weighted by Gasteiger charge is 2.28. The fourth-order valence-electron chi connectivity index (χ4n) is 3.82. The number of halogens is 1. The van der Waals surface area contributed by atoms with E-state index in [2.05, 4.69) is 30.6 Å². The Bertz CT molecular complexity index is 327. The Morgan fingerprint density at radius 2 is 1.86 bits per heavy atom. The largest absolute Gasteiger partial charge is 0.341 e. The molecule has 0 aromatic carbocycles. The monoisotopic (exact) mass is 317 g/mol. The summed E-state index contributed by atoms with van der Waals surface area (Å²) in [7, 11) is 0. The zero-order chi connectivity index (χ0) is 14.7. The molecule has 5 heteroatoms. The summed E-state index contributed by atoms with van der Waals surface area (Å²) in [5.74, 6) is 2.14. The molecule has 0 aromatic heterocycles. The van der Waals surface area contributed by atoms with Crippen LogP contribution in [0.3, 0.4) is 0 Å². The molecule has 0 bridgehead atoms. The number of hydrogen-bond donors (Lipinski definition) is 1. The fourth-order valence-corrected chi connectivity index (χ4v) is 3.82. The van der Waals surface area contributed by atoms with Crippen molar-refractivity contribution < 1.29 is 4.79 Å². The van der Waals surface area contributed by atoms with E-state index in [1.807, 2.05) is 0 Å². The van der Waals surface area contributed by atoms with E-state index in [0.717, 1.165) is 26.2 Å². The number of hydrogen-bond acceptors (Lipinski definition) is 3. The second-order valence-corrected chi connectivity index (χ2v) is 7.24. The van der Waals surface area contributed by atoms with Gasteiger partial charge in [-0.1, -0.05) is 13.8 Å². The van der Waals surface area contributed by atoms with Crippen LogP contribution in [0, 0.1) is 17.8 Å². The Labute approximate surface area is 135 Å². The predicted octanol–water partition coefficient (Wildman–Crippen LogP) is 1.97. The summed E-state index contributed by atoms with van der Waals surface area (Å²) in [4.78, 5) is 16.9. The normalized spacial score (nSPS) is 32.4. The van der Waals surface area contributed by atoms with Crippen LogP contribution >= 0.6 is 12.4 Å². The Balaban J connectivity index is 0.00000220. The minimum atomic E-state index is 0. The van der Waals surface area contributed by atoms with Gasteiger partial charge in [-0.25, -0.2) is 0 Å². The maximum atomic E-state index is 12.5. The molecule has 124 valence electrons. The maximum Gasteiger partial charge on any atom is 0.236 e. The lowest BCUT2D eigenvalue weighted by Gasteiger charge is -2.38. The summed E-state index contributed by atoms with van der Waals surface area (Å²) in [5.41, 5.74) is 6.02. The molecule has 1 amide bonds. The molecule has 0 radical (unpaired) electrons. The second-order valence-electron chi connectivity index (χ2n) is 7.24. The summed E-state index contributed by atoms with van der Waals surface area (Å²) in [6.45, 7) is 11.1. The predicted molar refractivity (Wildman–Crippen MR) is 89.6 cm³/mol. The molecule has 21 heavy (non-hydrogen) atoms. The number of carbonyl (C=O) groups is 1. The molecule has 2 aliphatic heterocycles. The first-order valence-corrected chi connectivity index (χ1v) is 8.21. The Kier molecular flexibility index (Phi) is 7.45. The van der Waals surface area contributed by atoms with Gasteiger partial charge in [-0.05, 0) is 50.5 Å². The number of amides is 1. The Morgan fingerprint density at radius 3 is 2.43 bits per heavy atom. The summed E-state index contributed by atoms with van der Waals surface area (Å²) in [5, 5.41) is 0.